The molecule has 76 valence electrons. The number of hydrogen-bond acceptors (Lipinski definition) is 4. The van der Waals surface area contributed by atoms with Gasteiger partial charge in [0.15, 0.2) is 0 Å². The van der Waals surface area contributed by atoms with Crippen molar-refractivity contribution >= 4 is 0 Å². The van der Waals surface area contributed by atoms with E-state index >= 15 is 0 Å². The van der Waals surface area contributed by atoms with Crippen LogP contribution >= 0.6 is 0 Å². The van der Waals surface area contributed by atoms with E-state index in [-0.39, 0.29) is 11.0 Å². The summed E-state index contributed by atoms with van der Waals surface area (Å²) in [7, 11) is 0. The fraction of sp³-hybridized carbons (Fsp3) is 1.00. The highest BCUT2D eigenvalue weighted by Crippen LogP contribution is 2.18. The standard InChI is InChI=1S/C8H16N2O3/c1-8(2,10(11)12)5-7-6-9-3-4-13-7/h7,9H,3-6H2,1-2H3. The smallest absolute Gasteiger partial charge is 0.219 e. The molecule has 5 nitrogen and oxygen atoms in total. The second kappa shape index (κ2) is 4.02. The number of morpholine rings is 1. The Morgan fingerprint density at radius 3 is 2.85 bits per heavy atom. The minimum Gasteiger partial charge on any atom is -0.375 e. The van der Waals surface area contributed by atoms with Gasteiger partial charge in [0, 0.05) is 38.3 Å². The molecule has 1 heterocycles. The van der Waals surface area contributed by atoms with Crippen LogP contribution in [0.25, 0.3) is 0 Å². The van der Waals surface area contributed by atoms with Crippen molar-refractivity contribution in [2.24, 2.45) is 0 Å². The minimum absolute atomic E-state index is 0.0193. The van der Waals surface area contributed by atoms with E-state index < -0.39 is 5.54 Å². The van der Waals surface area contributed by atoms with Crippen LogP contribution in [0.2, 0.25) is 0 Å². The van der Waals surface area contributed by atoms with Crippen LogP contribution in [-0.4, -0.2) is 36.3 Å². The first kappa shape index (κ1) is 10.4. The molecule has 1 rings (SSSR count). The molecule has 1 atom stereocenters. The van der Waals surface area contributed by atoms with E-state index in [9.17, 15) is 10.1 Å². The van der Waals surface area contributed by atoms with Gasteiger partial charge in [0.1, 0.15) is 0 Å². The molecular formula is C8H16N2O3. The van der Waals surface area contributed by atoms with Gasteiger partial charge in [0.25, 0.3) is 0 Å². The van der Waals surface area contributed by atoms with Gasteiger partial charge in [-0.15, -0.1) is 0 Å². The summed E-state index contributed by atoms with van der Waals surface area (Å²) in [6.07, 6.45) is 0.446. The molecule has 1 saturated heterocycles. The molecule has 0 amide bonds. The van der Waals surface area contributed by atoms with E-state index in [1.165, 1.54) is 0 Å². The molecule has 5 heteroatoms. The lowest BCUT2D eigenvalue weighted by Gasteiger charge is -2.27. The van der Waals surface area contributed by atoms with Crippen molar-refractivity contribution in [1.29, 1.82) is 0 Å². The molecule has 1 unspecified atom stereocenters. The van der Waals surface area contributed by atoms with Crippen LogP contribution in [0.15, 0.2) is 0 Å². The number of nitrogens with one attached hydrogen (secondary N) is 1. The third kappa shape index (κ3) is 2.93. The Labute approximate surface area is 77.6 Å². The maximum Gasteiger partial charge on any atom is 0.219 e. The zero-order valence-corrected chi connectivity index (χ0v) is 8.08. The summed E-state index contributed by atoms with van der Waals surface area (Å²) >= 11 is 0. The molecule has 0 bridgehead atoms. The monoisotopic (exact) mass is 188 g/mol. The van der Waals surface area contributed by atoms with Crippen molar-refractivity contribution in [3.63, 3.8) is 0 Å². The molecule has 1 aliphatic rings. The van der Waals surface area contributed by atoms with Crippen LogP contribution in [0.5, 0.6) is 0 Å². The van der Waals surface area contributed by atoms with Crippen molar-refractivity contribution in [3.05, 3.63) is 10.1 Å². The molecule has 0 spiro atoms. The predicted molar refractivity (Wildman–Crippen MR) is 48.3 cm³/mol. The van der Waals surface area contributed by atoms with Gasteiger partial charge in [0.2, 0.25) is 5.54 Å². The van der Waals surface area contributed by atoms with Crippen molar-refractivity contribution < 1.29 is 9.66 Å². The molecule has 1 fully saturated rings. The van der Waals surface area contributed by atoms with E-state index in [2.05, 4.69) is 5.32 Å². The van der Waals surface area contributed by atoms with E-state index in [1.807, 2.05) is 0 Å². The zero-order valence-electron chi connectivity index (χ0n) is 8.08. The molecule has 0 aromatic carbocycles. The second-order valence-corrected chi connectivity index (χ2v) is 3.97. The minimum atomic E-state index is -0.885. The van der Waals surface area contributed by atoms with Crippen molar-refractivity contribution in [2.75, 3.05) is 19.7 Å². The first-order valence-corrected chi connectivity index (χ1v) is 4.49. The highest BCUT2D eigenvalue weighted by Gasteiger charge is 2.34. The highest BCUT2D eigenvalue weighted by atomic mass is 16.6. The Bertz CT molecular complexity index is 188. The molecule has 0 radical (unpaired) electrons. The normalized spacial score (nSPS) is 24.3. The van der Waals surface area contributed by atoms with E-state index in [0.29, 0.717) is 13.0 Å². The Kier molecular flexibility index (Phi) is 3.22. The van der Waals surface area contributed by atoms with Crippen LogP contribution in [-0.2, 0) is 4.74 Å². The van der Waals surface area contributed by atoms with Crippen LogP contribution < -0.4 is 5.32 Å². The topological polar surface area (TPSA) is 64.4 Å². The maximum atomic E-state index is 10.6. The van der Waals surface area contributed by atoms with Crippen molar-refractivity contribution in [3.8, 4) is 0 Å². The average Bonchev–Trinajstić information content (AvgIpc) is 2.05. The van der Waals surface area contributed by atoms with Crippen LogP contribution in [0.4, 0.5) is 0 Å². The first-order valence-electron chi connectivity index (χ1n) is 4.49. The summed E-state index contributed by atoms with van der Waals surface area (Å²) in [5.74, 6) is 0. The van der Waals surface area contributed by atoms with E-state index in [4.69, 9.17) is 4.74 Å². The summed E-state index contributed by atoms with van der Waals surface area (Å²) in [6, 6.07) is 0. The van der Waals surface area contributed by atoms with Crippen LogP contribution in [0.3, 0.4) is 0 Å². The fourth-order valence-corrected chi connectivity index (χ4v) is 1.38. The Morgan fingerprint density at radius 1 is 1.69 bits per heavy atom. The van der Waals surface area contributed by atoms with Gasteiger partial charge in [-0.05, 0) is 0 Å². The lowest BCUT2D eigenvalue weighted by Crippen LogP contribution is -2.44. The average molecular weight is 188 g/mol. The summed E-state index contributed by atoms with van der Waals surface area (Å²) in [5, 5.41) is 13.8. The molecule has 0 saturated carbocycles. The lowest BCUT2D eigenvalue weighted by molar-refractivity contribution is -0.563. The number of nitro groups is 1. The van der Waals surface area contributed by atoms with Gasteiger partial charge in [-0.1, -0.05) is 0 Å². The summed E-state index contributed by atoms with van der Waals surface area (Å²) in [5.41, 5.74) is -0.885. The SMILES string of the molecule is CC(C)(CC1CNCCO1)[N+](=O)[O-]. The van der Waals surface area contributed by atoms with Crippen molar-refractivity contribution in [1.82, 2.24) is 5.32 Å². The molecule has 0 aromatic heterocycles. The van der Waals surface area contributed by atoms with E-state index in [0.717, 1.165) is 13.1 Å². The summed E-state index contributed by atoms with van der Waals surface area (Å²) in [4.78, 5) is 10.4. The van der Waals surface area contributed by atoms with Gasteiger partial charge in [-0.2, -0.15) is 0 Å². The number of nitrogens with zero attached hydrogens (tertiary/aromatic N) is 1. The summed E-state index contributed by atoms with van der Waals surface area (Å²) in [6.45, 7) is 5.47. The maximum absolute atomic E-state index is 10.6. The molecule has 0 aromatic rings. The Hall–Kier alpha value is -0.680. The third-order valence-electron chi connectivity index (χ3n) is 2.23. The quantitative estimate of drug-likeness (QED) is 0.515. The Balaban J connectivity index is 2.41. The zero-order chi connectivity index (χ0) is 9.90. The highest BCUT2D eigenvalue weighted by molar-refractivity contribution is 4.77. The van der Waals surface area contributed by atoms with Gasteiger partial charge in [-0.25, -0.2) is 0 Å². The van der Waals surface area contributed by atoms with Crippen LogP contribution in [0.1, 0.15) is 20.3 Å². The van der Waals surface area contributed by atoms with Gasteiger partial charge in [-0.3, -0.25) is 10.1 Å². The number of ether oxygens (including phenoxy) is 1. The summed E-state index contributed by atoms with van der Waals surface area (Å²) < 4.78 is 5.40. The molecule has 1 aliphatic heterocycles. The lowest BCUT2D eigenvalue weighted by atomic mass is 9.97. The fourth-order valence-electron chi connectivity index (χ4n) is 1.38. The van der Waals surface area contributed by atoms with Crippen LogP contribution in [0, 0.1) is 10.1 Å². The molecule has 0 aliphatic carbocycles. The molecular weight excluding hydrogens is 172 g/mol. The van der Waals surface area contributed by atoms with E-state index in [1.54, 1.807) is 13.8 Å². The van der Waals surface area contributed by atoms with Crippen molar-refractivity contribution in [2.45, 2.75) is 31.9 Å². The largest absolute Gasteiger partial charge is 0.375 e. The molecule has 13 heavy (non-hydrogen) atoms. The third-order valence-corrected chi connectivity index (χ3v) is 2.23. The second-order valence-electron chi connectivity index (χ2n) is 3.97. The predicted octanol–water partition coefficient (Wildman–Crippen LogP) is 0.420. The molecule has 1 N–H and O–H groups in total. The van der Waals surface area contributed by atoms with Gasteiger partial charge in [0.05, 0.1) is 12.7 Å². The van der Waals surface area contributed by atoms with Gasteiger partial charge >= 0.3 is 0 Å². The number of rotatable bonds is 3. The number of hydrogen-bond donors (Lipinski definition) is 1. The first-order chi connectivity index (χ1) is 6.02. The Morgan fingerprint density at radius 2 is 2.38 bits per heavy atom. The van der Waals surface area contributed by atoms with Gasteiger partial charge < -0.3 is 10.1 Å².